The number of aryl methyl sites for hydroxylation is 1. The summed E-state index contributed by atoms with van der Waals surface area (Å²) in [6.45, 7) is 3.51. The molecule has 20 heavy (non-hydrogen) atoms. The summed E-state index contributed by atoms with van der Waals surface area (Å²) in [5.74, 6) is 0.928. The van der Waals surface area contributed by atoms with Gasteiger partial charge in [-0.05, 0) is 37.0 Å². The van der Waals surface area contributed by atoms with E-state index in [1.807, 2.05) is 6.92 Å². The van der Waals surface area contributed by atoms with Crippen LogP contribution in [0.4, 0.5) is 0 Å². The Morgan fingerprint density at radius 1 is 1.20 bits per heavy atom. The minimum Gasteiger partial charge on any atom is -0.496 e. The summed E-state index contributed by atoms with van der Waals surface area (Å²) in [6.07, 6.45) is 6.68. The summed E-state index contributed by atoms with van der Waals surface area (Å²) in [5, 5.41) is 14.0. The topological polar surface area (TPSA) is 41.5 Å². The molecule has 0 bridgehead atoms. The minimum absolute atomic E-state index is 0.509. The number of methoxy groups -OCH3 is 1. The lowest BCUT2D eigenvalue weighted by atomic mass is 9.94. The van der Waals surface area contributed by atoms with Gasteiger partial charge in [-0.25, -0.2) is 0 Å². The number of rotatable bonds is 5. The van der Waals surface area contributed by atoms with Gasteiger partial charge in [0.1, 0.15) is 5.75 Å². The monoisotopic (exact) mass is 277 g/mol. The highest BCUT2D eigenvalue weighted by atomic mass is 16.5. The van der Waals surface area contributed by atoms with Crippen molar-refractivity contribution in [3.05, 3.63) is 29.3 Å². The fourth-order valence-corrected chi connectivity index (χ4v) is 2.98. The van der Waals surface area contributed by atoms with Crippen LogP contribution >= 0.6 is 0 Å². The summed E-state index contributed by atoms with van der Waals surface area (Å²) in [5.41, 5.74) is 1.84. The Balaban J connectivity index is 1.85. The van der Waals surface area contributed by atoms with E-state index in [1.54, 1.807) is 7.11 Å². The smallest absolute Gasteiger partial charge is 0.122 e. The fraction of sp³-hybridized carbons (Fsp3) is 0.647. The molecular weight excluding hydrogens is 250 g/mol. The van der Waals surface area contributed by atoms with Gasteiger partial charge >= 0.3 is 0 Å². The molecule has 3 heteroatoms. The molecule has 2 N–H and O–H groups in total. The van der Waals surface area contributed by atoms with Gasteiger partial charge in [0.05, 0.1) is 12.7 Å². The number of ether oxygens (including phenoxy) is 1. The molecule has 0 heterocycles. The lowest BCUT2D eigenvalue weighted by molar-refractivity contribution is 0.0250. The first-order valence-electron chi connectivity index (χ1n) is 7.70. The van der Waals surface area contributed by atoms with E-state index in [0.29, 0.717) is 6.54 Å². The predicted molar refractivity (Wildman–Crippen MR) is 82.1 cm³/mol. The Labute approximate surface area is 122 Å². The van der Waals surface area contributed by atoms with E-state index in [0.717, 1.165) is 43.5 Å². The standard InChI is InChI=1S/C17H27NO2/c1-14-7-8-15(11-16(14)20-2)12-18-13-17(19)9-5-3-4-6-10-17/h7-8,11,18-19H,3-6,9-10,12-13H2,1-2H3. The maximum Gasteiger partial charge on any atom is 0.122 e. The molecule has 0 amide bonds. The molecule has 1 aliphatic carbocycles. The van der Waals surface area contributed by atoms with Gasteiger partial charge in [-0.2, -0.15) is 0 Å². The second-order valence-electron chi connectivity index (χ2n) is 6.05. The molecule has 2 rings (SSSR count). The molecule has 0 saturated heterocycles. The number of nitrogens with one attached hydrogen (secondary N) is 1. The van der Waals surface area contributed by atoms with Crippen molar-refractivity contribution in [2.75, 3.05) is 13.7 Å². The van der Waals surface area contributed by atoms with E-state index >= 15 is 0 Å². The maximum atomic E-state index is 10.6. The lowest BCUT2D eigenvalue weighted by Gasteiger charge is -2.27. The SMILES string of the molecule is COc1cc(CNCC2(O)CCCCCC2)ccc1C. The molecule has 1 saturated carbocycles. The molecule has 0 aromatic heterocycles. The fourth-order valence-electron chi connectivity index (χ4n) is 2.98. The van der Waals surface area contributed by atoms with Crippen LogP contribution in [0.3, 0.4) is 0 Å². The maximum absolute atomic E-state index is 10.6. The normalized spacial score (nSPS) is 18.6. The predicted octanol–water partition coefficient (Wildman–Crippen LogP) is 3.18. The van der Waals surface area contributed by atoms with Crippen molar-refractivity contribution in [3.8, 4) is 5.75 Å². The lowest BCUT2D eigenvalue weighted by Crippen LogP contribution is -2.39. The van der Waals surface area contributed by atoms with Crippen molar-refractivity contribution in [1.82, 2.24) is 5.32 Å². The molecule has 0 radical (unpaired) electrons. The van der Waals surface area contributed by atoms with Crippen LogP contribution in [0.5, 0.6) is 5.75 Å². The largest absolute Gasteiger partial charge is 0.496 e. The summed E-state index contributed by atoms with van der Waals surface area (Å²) >= 11 is 0. The van der Waals surface area contributed by atoms with Crippen LogP contribution in [0.15, 0.2) is 18.2 Å². The van der Waals surface area contributed by atoms with Gasteiger partial charge in [0, 0.05) is 13.1 Å². The van der Waals surface area contributed by atoms with Gasteiger partial charge in [-0.3, -0.25) is 0 Å². The van der Waals surface area contributed by atoms with Crippen LogP contribution < -0.4 is 10.1 Å². The summed E-state index contributed by atoms with van der Waals surface area (Å²) in [7, 11) is 1.70. The number of benzene rings is 1. The summed E-state index contributed by atoms with van der Waals surface area (Å²) in [4.78, 5) is 0. The molecule has 1 aromatic carbocycles. The Kier molecular flexibility index (Phi) is 5.44. The molecule has 0 atom stereocenters. The van der Waals surface area contributed by atoms with Gasteiger partial charge in [0.2, 0.25) is 0 Å². The van der Waals surface area contributed by atoms with Crippen molar-refractivity contribution in [2.24, 2.45) is 0 Å². The zero-order valence-corrected chi connectivity index (χ0v) is 12.7. The molecule has 0 aliphatic heterocycles. The molecule has 0 spiro atoms. The van der Waals surface area contributed by atoms with Gasteiger partial charge in [0.25, 0.3) is 0 Å². The highest BCUT2D eigenvalue weighted by molar-refractivity contribution is 5.36. The minimum atomic E-state index is -0.509. The van der Waals surface area contributed by atoms with Crippen molar-refractivity contribution in [1.29, 1.82) is 0 Å². The van der Waals surface area contributed by atoms with E-state index in [1.165, 1.54) is 18.4 Å². The van der Waals surface area contributed by atoms with Crippen LogP contribution in [0.1, 0.15) is 49.7 Å². The van der Waals surface area contributed by atoms with E-state index in [4.69, 9.17) is 4.74 Å². The van der Waals surface area contributed by atoms with E-state index in [-0.39, 0.29) is 0 Å². The van der Waals surface area contributed by atoms with Crippen molar-refractivity contribution in [3.63, 3.8) is 0 Å². The second-order valence-corrected chi connectivity index (χ2v) is 6.05. The highest BCUT2D eigenvalue weighted by Gasteiger charge is 2.27. The van der Waals surface area contributed by atoms with Crippen LogP contribution in [-0.4, -0.2) is 24.4 Å². The Morgan fingerprint density at radius 3 is 2.55 bits per heavy atom. The third-order valence-electron chi connectivity index (χ3n) is 4.29. The Hall–Kier alpha value is -1.06. The number of aliphatic hydroxyl groups is 1. The van der Waals surface area contributed by atoms with Gasteiger partial charge in [0.15, 0.2) is 0 Å². The molecule has 1 fully saturated rings. The van der Waals surface area contributed by atoms with Crippen LogP contribution in [0, 0.1) is 6.92 Å². The molecular formula is C17H27NO2. The molecule has 3 nitrogen and oxygen atoms in total. The second kappa shape index (κ2) is 7.09. The van der Waals surface area contributed by atoms with Crippen molar-refractivity contribution in [2.45, 2.75) is 57.6 Å². The summed E-state index contributed by atoms with van der Waals surface area (Å²) in [6, 6.07) is 6.26. The van der Waals surface area contributed by atoms with Crippen molar-refractivity contribution >= 4 is 0 Å². The first-order chi connectivity index (χ1) is 9.63. The van der Waals surface area contributed by atoms with E-state index in [9.17, 15) is 5.11 Å². The first-order valence-corrected chi connectivity index (χ1v) is 7.70. The van der Waals surface area contributed by atoms with Crippen molar-refractivity contribution < 1.29 is 9.84 Å². The van der Waals surface area contributed by atoms with E-state index in [2.05, 4.69) is 23.5 Å². The number of hydrogen-bond acceptors (Lipinski definition) is 3. The third-order valence-corrected chi connectivity index (χ3v) is 4.29. The van der Waals surface area contributed by atoms with Gasteiger partial charge in [-0.1, -0.05) is 37.8 Å². The van der Waals surface area contributed by atoms with E-state index < -0.39 is 5.60 Å². The van der Waals surface area contributed by atoms with Gasteiger partial charge in [-0.15, -0.1) is 0 Å². The zero-order valence-electron chi connectivity index (χ0n) is 12.7. The quantitative estimate of drug-likeness (QED) is 0.812. The Bertz CT molecular complexity index is 423. The van der Waals surface area contributed by atoms with Gasteiger partial charge < -0.3 is 15.2 Å². The molecule has 1 aliphatic rings. The zero-order chi connectivity index (χ0) is 14.4. The molecule has 0 unspecified atom stereocenters. The molecule has 112 valence electrons. The molecule has 1 aromatic rings. The highest BCUT2D eigenvalue weighted by Crippen LogP contribution is 2.26. The number of hydrogen-bond donors (Lipinski definition) is 2. The average Bonchev–Trinajstić information content (AvgIpc) is 2.66. The van der Waals surface area contributed by atoms with Crippen LogP contribution in [0.2, 0.25) is 0 Å². The Morgan fingerprint density at radius 2 is 1.90 bits per heavy atom. The van der Waals surface area contributed by atoms with Crippen LogP contribution in [0.25, 0.3) is 0 Å². The summed E-state index contributed by atoms with van der Waals surface area (Å²) < 4.78 is 5.34. The average molecular weight is 277 g/mol. The third kappa shape index (κ3) is 4.22. The first kappa shape index (κ1) is 15.3. The van der Waals surface area contributed by atoms with Crippen LogP contribution in [-0.2, 0) is 6.54 Å².